The Morgan fingerprint density at radius 2 is 1.77 bits per heavy atom. The highest BCUT2D eigenvalue weighted by Gasteiger charge is 2.19. The average molecular weight is 418 g/mol. The molecule has 0 radical (unpaired) electrons. The number of ketones is 1. The number of nitrogens with zero attached hydrogens (tertiary/aromatic N) is 4. The van der Waals surface area contributed by atoms with E-state index in [-0.39, 0.29) is 17.1 Å². The molecule has 0 aliphatic heterocycles. The van der Waals surface area contributed by atoms with Gasteiger partial charge in [-0.05, 0) is 61.4 Å². The third-order valence-electron chi connectivity index (χ3n) is 4.83. The molecule has 0 aliphatic carbocycles. The minimum Gasteiger partial charge on any atom is -0.293 e. The van der Waals surface area contributed by atoms with Gasteiger partial charge in [-0.1, -0.05) is 30.0 Å². The molecule has 5 nitrogen and oxygen atoms in total. The first-order chi connectivity index (χ1) is 14.5. The van der Waals surface area contributed by atoms with Crippen LogP contribution in [0.4, 0.5) is 4.39 Å². The van der Waals surface area contributed by atoms with E-state index in [1.807, 2.05) is 35.8 Å². The third kappa shape index (κ3) is 4.02. The van der Waals surface area contributed by atoms with Gasteiger partial charge >= 0.3 is 0 Å². The van der Waals surface area contributed by atoms with Crippen molar-refractivity contribution in [2.75, 3.05) is 5.75 Å². The molecule has 0 amide bonds. The fourth-order valence-electron chi connectivity index (χ4n) is 3.04. The molecule has 4 aromatic rings. The van der Waals surface area contributed by atoms with Crippen LogP contribution in [0.5, 0.6) is 0 Å². The van der Waals surface area contributed by atoms with Gasteiger partial charge in [-0.2, -0.15) is 0 Å². The molecule has 0 N–H and O–H groups in total. The predicted molar refractivity (Wildman–Crippen MR) is 116 cm³/mol. The molecule has 30 heavy (non-hydrogen) atoms. The van der Waals surface area contributed by atoms with Gasteiger partial charge in [0.1, 0.15) is 5.82 Å². The summed E-state index contributed by atoms with van der Waals surface area (Å²) in [6, 6.07) is 15.8. The molecule has 7 heteroatoms. The molecule has 0 spiro atoms. The molecule has 0 unspecified atom stereocenters. The van der Waals surface area contributed by atoms with Gasteiger partial charge in [-0.15, -0.1) is 10.2 Å². The normalized spacial score (nSPS) is 10.9. The summed E-state index contributed by atoms with van der Waals surface area (Å²) in [7, 11) is 0. The van der Waals surface area contributed by atoms with Crippen molar-refractivity contribution in [3.8, 4) is 17.1 Å². The number of aryl methyl sites for hydroxylation is 2. The van der Waals surface area contributed by atoms with Crippen molar-refractivity contribution in [2.24, 2.45) is 0 Å². The van der Waals surface area contributed by atoms with Crippen LogP contribution in [-0.4, -0.2) is 31.3 Å². The number of aromatic nitrogens is 4. The summed E-state index contributed by atoms with van der Waals surface area (Å²) >= 11 is 1.24. The molecule has 2 aromatic heterocycles. The molecule has 150 valence electrons. The summed E-state index contributed by atoms with van der Waals surface area (Å²) in [4.78, 5) is 16.6. The molecule has 0 atom stereocenters. The summed E-state index contributed by atoms with van der Waals surface area (Å²) in [6.45, 7) is 4.10. The number of thioether (sulfide) groups is 1. The number of rotatable bonds is 6. The lowest BCUT2D eigenvalue weighted by atomic mass is 10.1. The smallest absolute Gasteiger partial charge is 0.196 e. The van der Waals surface area contributed by atoms with E-state index in [0.29, 0.717) is 11.0 Å². The van der Waals surface area contributed by atoms with E-state index in [4.69, 9.17) is 0 Å². The predicted octanol–water partition coefficient (Wildman–Crippen LogP) is 5.06. The first kappa shape index (κ1) is 20.0. The van der Waals surface area contributed by atoms with Crippen LogP contribution in [0.3, 0.4) is 0 Å². The second-order valence-electron chi connectivity index (χ2n) is 6.84. The Morgan fingerprint density at radius 1 is 1.00 bits per heavy atom. The fourth-order valence-corrected chi connectivity index (χ4v) is 3.88. The second-order valence-corrected chi connectivity index (χ2v) is 7.78. The number of carbonyl (C=O) groups is 1. The highest BCUT2D eigenvalue weighted by molar-refractivity contribution is 7.99. The second kappa shape index (κ2) is 8.59. The molecule has 2 aromatic carbocycles. The van der Waals surface area contributed by atoms with E-state index < -0.39 is 5.82 Å². The molecule has 0 bridgehead atoms. The summed E-state index contributed by atoms with van der Waals surface area (Å²) in [6.07, 6.45) is 3.40. The maximum absolute atomic E-state index is 13.9. The number of hydrogen-bond donors (Lipinski definition) is 0. The van der Waals surface area contributed by atoms with E-state index in [9.17, 15) is 9.18 Å². The largest absolute Gasteiger partial charge is 0.293 e. The van der Waals surface area contributed by atoms with Crippen LogP contribution in [0.25, 0.3) is 17.1 Å². The van der Waals surface area contributed by atoms with E-state index in [2.05, 4.69) is 28.2 Å². The van der Waals surface area contributed by atoms with Crippen molar-refractivity contribution in [1.29, 1.82) is 0 Å². The van der Waals surface area contributed by atoms with Crippen LogP contribution in [0.1, 0.15) is 21.5 Å². The van der Waals surface area contributed by atoms with E-state index in [1.165, 1.54) is 29.5 Å². The number of carbonyl (C=O) groups excluding carboxylic acids is 1. The van der Waals surface area contributed by atoms with Crippen LogP contribution in [0.15, 0.2) is 72.1 Å². The highest BCUT2D eigenvalue weighted by atomic mass is 32.2. The molecule has 0 saturated carbocycles. The maximum Gasteiger partial charge on any atom is 0.196 e. The first-order valence-electron chi connectivity index (χ1n) is 9.38. The van der Waals surface area contributed by atoms with Gasteiger partial charge in [-0.25, -0.2) is 4.39 Å². The zero-order valence-electron chi connectivity index (χ0n) is 16.5. The van der Waals surface area contributed by atoms with E-state index in [0.717, 1.165) is 16.8 Å². The molecule has 0 fully saturated rings. The van der Waals surface area contributed by atoms with Gasteiger partial charge in [0.2, 0.25) is 0 Å². The Morgan fingerprint density at radius 3 is 2.50 bits per heavy atom. The summed E-state index contributed by atoms with van der Waals surface area (Å²) in [5.74, 6) is -0.101. The Kier molecular flexibility index (Phi) is 5.72. The van der Waals surface area contributed by atoms with Crippen molar-refractivity contribution >= 4 is 17.5 Å². The topological polar surface area (TPSA) is 60.7 Å². The molecular formula is C23H19FN4OS. The SMILES string of the molecule is Cc1ccc(-n2c(SCC(=O)c3ccccc3F)nnc2-c2ccncc2)cc1C. The fraction of sp³-hybridized carbons (Fsp3) is 0.130. The van der Waals surface area contributed by atoms with Crippen molar-refractivity contribution in [2.45, 2.75) is 19.0 Å². The van der Waals surface area contributed by atoms with Crippen LogP contribution in [0, 0.1) is 19.7 Å². The summed E-state index contributed by atoms with van der Waals surface area (Å²) in [5, 5.41) is 9.25. The van der Waals surface area contributed by atoms with Crippen molar-refractivity contribution in [1.82, 2.24) is 19.7 Å². The quantitative estimate of drug-likeness (QED) is 0.324. The van der Waals surface area contributed by atoms with Crippen molar-refractivity contribution in [3.63, 3.8) is 0 Å². The maximum atomic E-state index is 13.9. The van der Waals surface area contributed by atoms with Crippen LogP contribution in [-0.2, 0) is 0 Å². The zero-order valence-corrected chi connectivity index (χ0v) is 17.4. The lowest BCUT2D eigenvalue weighted by molar-refractivity contribution is 0.101. The number of halogens is 1. The van der Waals surface area contributed by atoms with Gasteiger partial charge in [0.15, 0.2) is 16.8 Å². The van der Waals surface area contributed by atoms with E-state index >= 15 is 0 Å². The number of benzene rings is 2. The van der Waals surface area contributed by atoms with Gasteiger partial charge in [-0.3, -0.25) is 14.3 Å². The minimum absolute atomic E-state index is 0.0558. The lowest BCUT2D eigenvalue weighted by Crippen LogP contribution is -2.07. The summed E-state index contributed by atoms with van der Waals surface area (Å²) in [5.41, 5.74) is 4.16. The summed E-state index contributed by atoms with van der Waals surface area (Å²) < 4.78 is 15.9. The molecule has 4 rings (SSSR count). The van der Waals surface area contributed by atoms with E-state index in [1.54, 1.807) is 24.5 Å². The average Bonchev–Trinajstić information content (AvgIpc) is 3.19. The van der Waals surface area contributed by atoms with Crippen LogP contribution in [0.2, 0.25) is 0 Å². The Bertz CT molecular complexity index is 1210. The Labute approximate surface area is 178 Å². The monoisotopic (exact) mass is 418 g/mol. The minimum atomic E-state index is -0.517. The van der Waals surface area contributed by atoms with Gasteiger partial charge in [0, 0.05) is 18.0 Å². The lowest BCUT2D eigenvalue weighted by Gasteiger charge is -2.12. The Hall–Kier alpha value is -3.32. The van der Waals surface area contributed by atoms with Gasteiger partial charge in [0.25, 0.3) is 0 Å². The number of pyridine rings is 1. The van der Waals surface area contributed by atoms with Crippen molar-refractivity contribution < 1.29 is 9.18 Å². The highest BCUT2D eigenvalue weighted by Crippen LogP contribution is 2.29. The standard InChI is InChI=1S/C23H19FN4OS/c1-15-7-8-18(13-16(15)2)28-22(17-9-11-25-12-10-17)26-27-23(28)30-14-21(29)19-5-3-4-6-20(19)24/h3-13H,14H2,1-2H3. The molecule has 0 saturated heterocycles. The molecule has 2 heterocycles. The van der Waals surface area contributed by atoms with Crippen molar-refractivity contribution in [3.05, 3.63) is 89.5 Å². The first-order valence-corrected chi connectivity index (χ1v) is 10.4. The third-order valence-corrected chi connectivity index (χ3v) is 5.76. The van der Waals surface area contributed by atoms with Crippen LogP contribution < -0.4 is 0 Å². The Balaban J connectivity index is 1.71. The number of hydrogen-bond acceptors (Lipinski definition) is 5. The van der Waals surface area contributed by atoms with Gasteiger partial charge < -0.3 is 0 Å². The molecule has 0 aliphatic rings. The van der Waals surface area contributed by atoms with Gasteiger partial charge in [0.05, 0.1) is 17.0 Å². The molecular weight excluding hydrogens is 399 g/mol. The van der Waals surface area contributed by atoms with Crippen LogP contribution >= 0.6 is 11.8 Å². The number of Topliss-reactive ketones (excluding diaryl/α,β-unsaturated/α-hetero) is 1. The zero-order chi connectivity index (χ0) is 21.1.